The molecule has 116 valence electrons. The Morgan fingerprint density at radius 1 is 1.36 bits per heavy atom. The minimum Gasteiger partial charge on any atom is -0.383 e. The SMILES string of the molecule is COCCn1nc(C(=O)Nc2cccc(Cl)c2C)ccc1=O. The van der Waals surface area contributed by atoms with Crippen molar-refractivity contribution < 1.29 is 9.53 Å². The summed E-state index contributed by atoms with van der Waals surface area (Å²) < 4.78 is 6.11. The summed E-state index contributed by atoms with van der Waals surface area (Å²) in [6, 6.07) is 7.94. The molecule has 2 aromatic rings. The highest BCUT2D eigenvalue weighted by atomic mass is 35.5. The molecule has 1 amide bonds. The summed E-state index contributed by atoms with van der Waals surface area (Å²) in [5.74, 6) is -0.406. The van der Waals surface area contributed by atoms with E-state index in [4.69, 9.17) is 16.3 Å². The van der Waals surface area contributed by atoms with Gasteiger partial charge in [-0.1, -0.05) is 17.7 Å². The largest absolute Gasteiger partial charge is 0.383 e. The van der Waals surface area contributed by atoms with E-state index < -0.39 is 5.91 Å². The molecule has 0 atom stereocenters. The van der Waals surface area contributed by atoms with Crippen LogP contribution in [0.4, 0.5) is 5.69 Å². The number of carbonyl (C=O) groups excluding carboxylic acids is 1. The third-order valence-electron chi connectivity index (χ3n) is 3.12. The van der Waals surface area contributed by atoms with Crippen LogP contribution in [0.3, 0.4) is 0 Å². The van der Waals surface area contributed by atoms with Crippen LogP contribution in [-0.2, 0) is 11.3 Å². The van der Waals surface area contributed by atoms with Crippen molar-refractivity contribution in [2.45, 2.75) is 13.5 Å². The van der Waals surface area contributed by atoms with Gasteiger partial charge in [-0.3, -0.25) is 9.59 Å². The van der Waals surface area contributed by atoms with E-state index in [-0.39, 0.29) is 17.8 Å². The Balaban J connectivity index is 2.22. The number of nitrogens with one attached hydrogen (secondary N) is 1. The molecule has 0 aliphatic rings. The van der Waals surface area contributed by atoms with Crippen LogP contribution < -0.4 is 10.9 Å². The number of halogens is 1. The third kappa shape index (κ3) is 3.72. The summed E-state index contributed by atoms with van der Waals surface area (Å²) in [7, 11) is 1.53. The lowest BCUT2D eigenvalue weighted by Gasteiger charge is -2.10. The van der Waals surface area contributed by atoms with Crippen LogP contribution >= 0.6 is 11.6 Å². The molecule has 22 heavy (non-hydrogen) atoms. The Morgan fingerprint density at radius 2 is 2.14 bits per heavy atom. The molecular weight excluding hydrogens is 306 g/mol. The van der Waals surface area contributed by atoms with Crippen molar-refractivity contribution in [3.05, 3.63) is 57.0 Å². The molecule has 0 spiro atoms. The molecule has 0 radical (unpaired) electrons. The van der Waals surface area contributed by atoms with Gasteiger partial charge in [0.25, 0.3) is 11.5 Å². The maximum atomic E-state index is 12.3. The molecule has 0 saturated heterocycles. The van der Waals surface area contributed by atoms with E-state index in [1.807, 2.05) is 6.92 Å². The van der Waals surface area contributed by atoms with E-state index in [0.29, 0.717) is 17.3 Å². The van der Waals surface area contributed by atoms with Crippen LogP contribution in [0.2, 0.25) is 5.02 Å². The molecule has 0 aliphatic carbocycles. The third-order valence-corrected chi connectivity index (χ3v) is 3.53. The molecule has 0 bridgehead atoms. The van der Waals surface area contributed by atoms with Gasteiger partial charge in [-0.2, -0.15) is 5.10 Å². The Hall–Kier alpha value is -2.18. The number of anilines is 1. The van der Waals surface area contributed by atoms with Gasteiger partial charge in [0.05, 0.1) is 13.2 Å². The average molecular weight is 322 g/mol. The lowest BCUT2D eigenvalue weighted by Crippen LogP contribution is -2.27. The van der Waals surface area contributed by atoms with Gasteiger partial charge >= 0.3 is 0 Å². The van der Waals surface area contributed by atoms with Gasteiger partial charge in [0.2, 0.25) is 0 Å². The number of rotatable bonds is 5. The van der Waals surface area contributed by atoms with Crippen molar-refractivity contribution in [3.63, 3.8) is 0 Å². The first kappa shape index (κ1) is 16.2. The minimum absolute atomic E-state index is 0.148. The summed E-state index contributed by atoms with van der Waals surface area (Å²) in [5.41, 5.74) is 1.24. The number of ether oxygens (including phenoxy) is 1. The van der Waals surface area contributed by atoms with Gasteiger partial charge in [-0.05, 0) is 30.7 Å². The zero-order chi connectivity index (χ0) is 16.1. The van der Waals surface area contributed by atoms with Crippen LogP contribution in [0.25, 0.3) is 0 Å². The summed E-state index contributed by atoms with van der Waals surface area (Å²) in [5, 5.41) is 7.34. The molecular formula is C15H16ClN3O3. The van der Waals surface area contributed by atoms with Crippen molar-refractivity contribution in [3.8, 4) is 0 Å². The number of nitrogens with zero attached hydrogens (tertiary/aromatic N) is 2. The monoisotopic (exact) mass is 321 g/mol. The highest BCUT2D eigenvalue weighted by Gasteiger charge is 2.12. The fraction of sp³-hybridized carbons (Fsp3) is 0.267. The van der Waals surface area contributed by atoms with Crippen molar-refractivity contribution >= 4 is 23.2 Å². The maximum Gasteiger partial charge on any atom is 0.276 e. The number of hydrogen-bond donors (Lipinski definition) is 1. The smallest absolute Gasteiger partial charge is 0.276 e. The Morgan fingerprint density at radius 3 is 2.86 bits per heavy atom. The first-order valence-corrected chi connectivity index (χ1v) is 7.04. The molecule has 1 heterocycles. The molecule has 1 N–H and O–H groups in total. The summed E-state index contributed by atoms with van der Waals surface area (Å²) >= 11 is 6.02. The first-order valence-electron chi connectivity index (χ1n) is 6.66. The average Bonchev–Trinajstić information content (AvgIpc) is 2.51. The molecule has 2 rings (SSSR count). The van der Waals surface area contributed by atoms with Crippen molar-refractivity contribution in [1.82, 2.24) is 9.78 Å². The summed E-state index contributed by atoms with van der Waals surface area (Å²) in [6.45, 7) is 2.43. The maximum absolute atomic E-state index is 12.3. The van der Waals surface area contributed by atoms with Gasteiger partial charge in [-0.15, -0.1) is 0 Å². The number of amides is 1. The number of methoxy groups -OCH3 is 1. The predicted molar refractivity (Wildman–Crippen MR) is 84.5 cm³/mol. The van der Waals surface area contributed by atoms with Crippen LogP contribution in [0.5, 0.6) is 0 Å². The predicted octanol–water partition coefficient (Wildman–Crippen LogP) is 2.10. The van der Waals surface area contributed by atoms with E-state index in [0.717, 1.165) is 5.56 Å². The van der Waals surface area contributed by atoms with E-state index in [1.165, 1.54) is 23.9 Å². The fourth-order valence-electron chi connectivity index (χ4n) is 1.84. The van der Waals surface area contributed by atoms with Crippen LogP contribution in [0, 0.1) is 6.92 Å². The second-order valence-electron chi connectivity index (χ2n) is 4.64. The number of hydrogen-bond acceptors (Lipinski definition) is 4. The second-order valence-corrected chi connectivity index (χ2v) is 5.05. The molecule has 1 aromatic carbocycles. The van der Waals surface area contributed by atoms with Crippen molar-refractivity contribution in [1.29, 1.82) is 0 Å². The summed E-state index contributed by atoms with van der Waals surface area (Å²) in [6.07, 6.45) is 0. The van der Waals surface area contributed by atoms with Gasteiger partial charge in [0.15, 0.2) is 0 Å². The molecule has 7 heteroatoms. The molecule has 1 aromatic heterocycles. The van der Waals surface area contributed by atoms with E-state index in [9.17, 15) is 9.59 Å². The molecule has 0 fully saturated rings. The van der Waals surface area contributed by atoms with Gasteiger partial charge in [0.1, 0.15) is 5.69 Å². The van der Waals surface area contributed by atoms with E-state index in [2.05, 4.69) is 10.4 Å². The Bertz CT molecular complexity index is 743. The lowest BCUT2D eigenvalue weighted by molar-refractivity contribution is 0.101. The Labute approximate surface area is 132 Å². The summed E-state index contributed by atoms with van der Waals surface area (Å²) in [4.78, 5) is 23.9. The topological polar surface area (TPSA) is 73.2 Å². The van der Waals surface area contributed by atoms with E-state index in [1.54, 1.807) is 18.2 Å². The highest BCUT2D eigenvalue weighted by Crippen LogP contribution is 2.23. The minimum atomic E-state index is -0.406. The molecule has 0 aliphatic heterocycles. The van der Waals surface area contributed by atoms with Crippen LogP contribution in [0.15, 0.2) is 35.1 Å². The van der Waals surface area contributed by atoms with Gasteiger partial charge < -0.3 is 10.1 Å². The van der Waals surface area contributed by atoms with Crippen molar-refractivity contribution in [2.75, 3.05) is 19.0 Å². The molecule has 6 nitrogen and oxygen atoms in total. The van der Waals surface area contributed by atoms with E-state index >= 15 is 0 Å². The molecule has 0 saturated carbocycles. The quantitative estimate of drug-likeness (QED) is 0.915. The van der Waals surface area contributed by atoms with Crippen LogP contribution in [0.1, 0.15) is 16.1 Å². The fourth-order valence-corrected chi connectivity index (χ4v) is 2.01. The number of benzene rings is 1. The first-order chi connectivity index (χ1) is 10.5. The second kappa shape index (κ2) is 7.20. The van der Waals surface area contributed by atoms with Gasteiger partial charge in [-0.25, -0.2) is 4.68 Å². The lowest BCUT2D eigenvalue weighted by atomic mass is 10.2. The highest BCUT2D eigenvalue weighted by molar-refractivity contribution is 6.31. The number of aromatic nitrogens is 2. The van der Waals surface area contributed by atoms with Crippen molar-refractivity contribution in [2.24, 2.45) is 0 Å². The van der Waals surface area contributed by atoms with Gasteiger partial charge in [0, 0.05) is 23.9 Å². The standard InChI is InChI=1S/C15H16ClN3O3/c1-10-11(16)4-3-5-12(10)17-15(21)13-6-7-14(20)19(18-13)8-9-22-2/h3-7H,8-9H2,1-2H3,(H,17,21). The zero-order valence-corrected chi connectivity index (χ0v) is 13.1. The zero-order valence-electron chi connectivity index (χ0n) is 12.3. The molecule has 0 unspecified atom stereocenters. The van der Waals surface area contributed by atoms with Crippen LogP contribution in [-0.4, -0.2) is 29.4 Å². The normalized spacial score (nSPS) is 10.5. The Kier molecular flexibility index (Phi) is 5.30. The number of carbonyl (C=O) groups is 1.